The lowest BCUT2D eigenvalue weighted by Gasteiger charge is -2.05. The number of nitrogens with zero attached hydrogens (tertiary/aromatic N) is 1. The van der Waals surface area contributed by atoms with Crippen LogP contribution in [0, 0.1) is 10.1 Å². The van der Waals surface area contributed by atoms with E-state index in [2.05, 4.69) is 0 Å². The second-order valence-electron chi connectivity index (χ2n) is 2.87. The van der Waals surface area contributed by atoms with E-state index in [9.17, 15) is 10.1 Å². The highest BCUT2D eigenvalue weighted by Crippen LogP contribution is 2.40. The fourth-order valence-corrected chi connectivity index (χ4v) is 2.60. The molecular weight excluding hydrogens is 340 g/mol. The maximum atomic E-state index is 10.7. The quantitative estimate of drug-likeness (QED) is 0.243. The van der Waals surface area contributed by atoms with Gasteiger partial charge < -0.3 is 0 Å². The Morgan fingerprint density at radius 2 is 1.67 bits per heavy atom. The van der Waals surface area contributed by atoms with Gasteiger partial charge in [-0.15, -0.1) is 0 Å². The van der Waals surface area contributed by atoms with Crippen LogP contribution in [-0.2, 0) is 0 Å². The van der Waals surface area contributed by atoms with Crippen molar-refractivity contribution in [3.05, 3.63) is 60.0 Å². The first-order chi connectivity index (χ1) is 8.43. The van der Waals surface area contributed by atoms with Crippen molar-refractivity contribution in [2.45, 2.75) is 4.90 Å². The first-order valence-corrected chi connectivity index (χ1v) is 6.74. The van der Waals surface area contributed by atoms with Gasteiger partial charge in [0.1, 0.15) is 9.40 Å². The highest BCUT2D eigenvalue weighted by Gasteiger charge is 2.22. The van der Waals surface area contributed by atoms with Gasteiger partial charge in [0, 0.05) is 4.90 Å². The summed E-state index contributed by atoms with van der Waals surface area (Å²) in [5.41, 5.74) is 0. The summed E-state index contributed by atoms with van der Waals surface area (Å²) in [6.45, 7) is 0. The fourth-order valence-electron chi connectivity index (χ4n) is 0.953. The molecule has 0 N–H and O–H groups in total. The topological polar surface area (TPSA) is 43.1 Å². The third-order valence-electron chi connectivity index (χ3n) is 1.68. The van der Waals surface area contributed by atoms with Crippen molar-refractivity contribution in [3.63, 3.8) is 0 Å². The Balaban J connectivity index is 3.20. The molecule has 0 aromatic heterocycles. The first kappa shape index (κ1) is 15.7. The smallest absolute Gasteiger partial charge is 0.257 e. The van der Waals surface area contributed by atoms with E-state index in [1.54, 1.807) is 24.3 Å². The van der Waals surface area contributed by atoms with Crippen LogP contribution < -0.4 is 0 Å². The molecule has 0 radical (unpaired) electrons. The van der Waals surface area contributed by atoms with Crippen molar-refractivity contribution in [3.8, 4) is 0 Å². The van der Waals surface area contributed by atoms with Gasteiger partial charge in [-0.3, -0.25) is 10.1 Å². The molecule has 0 aliphatic carbocycles. The fraction of sp³-hybridized carbons (Fsp3) is 0. The second kappa shape index (κ2) is 7.26. The largest absolute Gasteiger partial charge is 0.352 e. The van der Waals surface area contributed by atoms with Gasteiger partial charge in [-0.05, 0) is 23.7 Å². The molecule has 0 saturated carbocycles. The Morgan fingerprint density at radius 1 is 1.11 bits per heavy atom. The molecule has 1 aromatic carbocycles. The lowest BCUT2D eigenvalue weighted by atomic mass is 10.4. The first-order valence-electron chi connectivity index (χ1n) is 4.41. The average Bonchev–Trinajstić information content (AvgIpc) is 2.35. The lowest BCUT2D eigenvalue weighted by molar-refractivity contribution is -0.412. The number of thioether (sulfide) groups is 1. The summed E-state index contributed by atoms with van der Waals surface area (Å²) in [5, 5.41) is 9.90. The number of nitro groups is 1. The van der Waals surface area contributed by atoms with Gasteiger partial charge in [0.2, 0.25) is 0 Å². The summed E-state index contributed by atoms with van der Waals surface area (Å²) >= 11 is 23.5. The number of allylic oxidation sites excluding steroid dienone is 1. The van der Waals surface area contributed by atoms with Crippen molar-refractivity contribution in [2.24, 2.45) is 0 Å². The zero-order valence-electron chi connectivity index (χ0n) is 8.57. The molecule has 0 spiro atoms. The molecule has 18 heavy (non-hydrogen) atoms. The van der Waals surface area contributed by atoms with Crippen LogP contribution in [0.25, 0.3) is 0 Å². The van der Waals surface area contributed by atoms with E-state index in [1.807, 2.05) is 6.07 Å². The SMILES string of the molecule is O=[N+]([O-])/C(Cl)=C(\Sc1ccccc1)C(Cl)=C(Cl)Cl. The lowest BCUT2D eigenvalue weighted by Crippen LogP contribution is -1.96. The van der Waals surface area contributed by atoms with Crippen LogP contribution in [0.1, 0.15) is 0 Å². The Labute approximate surface area is 128 Å². The molecule has 96 valence electrons. The molecule has 0 aliphatic rings. The standard InChI is InChI=1S/C10H5Cl4NO2S/c11-7(9(12)13)8(10(14)15(16)17)18-6-4-2-1-3-5-6/h1-5H/b10-8-. The molecule has 0 atom stereocenters. The Morgan fingerprint density at radius 3 is 2.11 bits per heavy atom. The summed E-state index contributed by atoms with van der Waals surface area (Å²) in [7, 11) is 0. The molecule has 0 amide bonds. The van der Waals surface area contributed by atoms with E-state index in [4.69, 9.17) is 46.4 Å². The van der Waals surface area contributed by atoms with Gasteiger partial charge in [0.05, 0.1) is 9.96 Å². The third kappa shape index (κ3) is 4.37. The number of benzene rings is 1. The molecule has 1 aromatic rings. The molecule has 0 unspecified atom stereocenters. The molecule has 0 saturated heterocycles. The van der Waals surface area contributed by atoms with Gasteiger partial charge >= 0.3 is 5.16 Å². The van der Waals surface area contributed by atoms with Gasteiger partial charge in [-0.1, -0.05) is 64.8 Å². The van der Waals surface area contributed by atoms with E-state index in [0.717, 1.165) is 16.7 Å². The summed E-state index contributed by atoms with van der Waals surface area (Å²) in [6.07, 6.45) is 0. The minimum atomic E-state index is -0.758. The van der Waals surface area contributed by atoms with Gasteiger partial charge in [0.25, 0.3) is 0 Å². The molecule has 0 aliphatic heterocycles. The molecular formula is C10H5Cl4NO2S. The maximum Gasteiger partial charge on any atom is 0.352 e. The van der Waals surface area contributed by atoms with Crippen LogP contribution in [0.2, 0.25) is 0 Å². The second-order valence-corrected chi connectivity index (χ2v) is 5.64. The van der Waals surface area contributed by atoms with Crippen molar-refractivity contribution in [1.82, 2.24) is 0 Å². The summed E-state index contributed by atoms with van der Waals surface area (Å²) in [5.74, 6) is 0. The molecule has 0 bridgehead atoms. The maximum absolute atomic E-state index is 10.7. The van der Waals surface area contributed by atoms with Gasteiger partial charge in [-0.2, -0.15) is 0 Å². The minimum Gasteiger partial charge on any atom is -0.257 e. The van der Waals surface area contributed by atoms with Crippen LogP contribution in [0.15, 0.2) is 54.8 Å². The van der Waals surface area contributed by atoms with E-state index in [-0.39, 0.29) is 14.4 Å². The van der Waals surface area contributed by atoms with E-state index in [1.165, 1.54) is 0 Å². The van der Waals surface area contributed by atoms with E-state index in [0.29, 0.717) is 0 Å². The Hall–Kier alpha value is -0.390. The van der Waals surface area contributed by atoms with Gasteiger partial charge in [-0.25, -0.2) is 0 Å². The zero-order chi connectivity index (χ0) is 13.7. The van der Waals surface area contributed by atoms with Gasteiger partial charge in [0.15, 0.2) is 0 Å². The van der Waals surface area contributed by atoms with Crippen molar-refractivity contribution in [2.75, 3.05) is 0 Å². The molecule has 1 rings (SSSR count). The molecule has 3 nitrogen and oxygen atoms in total. The predicted octanol–water partition coefficient (Wildman–Crippen LogP) is 5.35. The summed E-state index contributed by atoms with van der Waals surface area (Å²) < 4.78 is -0.282. The van der Waals surface area contributed by atoms with Crippen molar-refractivity contribution in [1.29, 1.82) is 0 Å². The van der Waals surface area contributed by atoms with Crippen LogP contribution >= 0.6 is 58.2 Å². The number of hydrogen-bond acceptors (Lipinski definition) is 3. The number of hydrogen-bond donors (Lipinski definition) is 0. The van der Waals surface area contributed by atoms with Crippen molar-refractivity contribution >= 4 is 58.2 Å². The van der Waals surface area contributed by atoms with Crippen LogP contribution in [-0.4, -0.2) is 4.92 Å². The zero-order valence-corrected chi connectivity index (χ0v) is 12.4. The number of halogens is 4. The Bertz CT molecular complexity index is 512. The van der Waals surface area contributed by atoms with Crippen LogP contribution in [0.4, 0.5) is 0 Å². The van der Waals surface area contributed by atoms with Crippen LogP contribution in [0.5, 0.6) is 0 Å². The van der Waals surface area contributed by atoms with Crippen molar-refractivity contribution < 1.29 is 4.92 Å². The molecule has 8 heteroatoms. The number of rotatable bonds is 4. The summed E-state index contributed by atoms with van der Waals surface area (Å²) in [4.78, 5) is 10.7. The van der Waals surface area contributed by atoms with E-state index >= 15 is 0 Å². The minimum absolute atomic E-state index is 0.00506. The molecule has 0 heterocycles. The highest BCUT2D eigenvalue weighted by atomic mass is 35.5. The highest BCUT2D eigenvalue weighted by molar-refractivity contribution is 8.03. The van der Waals surface area contributed by atoms with Crippen LogP contribution in [0.3, 0.4) is 0 Å². The predicted molar refractivity (Wildman–Crippen MR) is 76.8 cm³/mol. The Kier molecular flexibility index (Phi) is 6.32. The summed E-state index contributed by atoms with van der Waals surface area (Å²) in [6, 6.07) is 8.87. The monoisotopic (exact) mass is 343 g/mol. The third-order valence-corrected chi connectivity index (χ3v) is 4.29. The molecule has 0 fully saturated rings. The normalized spacial score (nSPS) is 11.8. The van der Waals surface area contributed by atoms with E-state index < -0.39 is 10.1 Å². The average molecular weight is 345 g/mol.